The Morgan fingerprint density at radius 2 is 2.07 bits per heavy atom. The van der Waals surface area contributed by atoms with E-state index >= 15 is 0 Å². The fourth-order valence-electron chi connectivity index (χ4n) is 3.47. The molecule has 0 aliphatic carbocycles. The third-order valence-electron chi connectivity index (χ3n) is 4.79. The quantitative estimate of drug-likeness (QED) is 0.328. The lowest BCUT2D eigenvalue weighted by atomic mass is 10.1. The van der Waals surface area contributed by atoms with Crippen molar-refractivity contribution in [1.82, 2.24) is 19.8 Å². The Bertz CT molecular complexity index is 825. The molecule has 0 saturated carbocycles. The fourth-order valence-corrected chi connectivity index (χ4v) is 3.47. The Kier molecular flexibility index (Phi) is 5.69. The van der Waals surface area contributed by atoms with Crippen molar-refractivity contribution in [2.45, 2.75) is 12.7 Å². The van der Waals surface area contributed by atoms with Gasteiger partial charge in [-0.15, -0.1) is 6.58 Å². The molecule has 2 N–H and O–H groups in total. The molecule has 0 radical (unpaired) electrons. The largest absolute Gasteiger partial charge is 0.397 e. The number of anilines is 1. The van der Waals surface area contributed by atoms with Gasteiger partial charge in [-0.1, -0.05) is 12.1 Å². The van der Waals surface area contributed by atoms with Crippen LogP contribution in [0.15, 0.2) is 41.1 Å². The number of azo groups is 1. The Morgan fingerprint density at radius 3 is 2.71 bits per heavy atom. The van der Waals surface area contributed by atoms with E-state index < -0.39 is 6.17 Å². The van der Waals surface area contributed by atoms with E-state index in [1.165, 1.54) is 9.91 Å². The van der Waals surface area contributed by atoms with Crippen LogP contribution in [-0.2, 0) is 20.9 Å². The number of hydrogen-bond acceptors (Lipinski definition) is 7. The molecular formula is C18H23N7O3. The molecule has 2 aliphatic heterocycles. The van der Waals surface area contributed by atoms with Crippen molar-refractivity contribution in [2.75, 3.05) is 39.0 Å². The predicted molar refractivity (Wildman–Crippen MR) is 102 cm³/mol. The van der Waals surface area contributed by atoms with Crippen LogP contribution in [0.4, 0.5) is 11.4 Å². The summed E-state index contributed by atoms with van der Waals surface area (Å²) in [5, 5.41) is 10.7. The topological polar surface area (TPSA) is 115 Å². The molecule has 10 nitrogen and oxygen atoms in total. The minimum absolute atomic E-state index is 0.0402. The number of nitrogens with two attached hydrogens (primary N) is 1. The number of piperazine rings is 1. The van der Waals surface area contributed by atoms with Crippen molar-refractivity contribution < 1.29 is 14.4 Å². The third kappa shape index (κ3) is 3.72. The van der Waals surface area contributed by atoms with E-state index in [1.807, 2.05) is 6.07 Å². The molecule has 1 aromatic carbocycles. The zero-order valence-corrected chi connectivity index (χ0v) is 15.7. The van der Waals surface area contributed by atoms with Crippen molar-refractivity contribution in [3.63, 3.8) is 0 Å². The van der Waals surface area contributed by atoms with Gasteiger partial charge in [0.25, 0.3) is 0 Å². The summed E-state index contributed by atoms with van der Waals surface area (Å²) < 4.78 is 0. The molecule has 3 amide bonds. The first-order valence-electron chi connectivity index (χ1n) is 8.83. The van der Waals surface area contributed by atoms with E-state index in [1.54, 1.807) is 35.2 Å². The van der Waals surface area contributed by atoms with Crippen LogP contribution in [0.3, 0.4) is 0 Å². The molecule has 2 aliphatic rings. The molecule has 0 spiro atoms. The molecule has 2 fully saturated rings. The number of carbonyl (C=O) groups excluding carboxylic acids is 3. The van der Waals surface area contributed by atoms with Gasteiger partial charge < -0.3 is 15.5 Å². The highest BCUT2D eigenvalue weighted by atomic mass is 16.2. The van der Waals surface area contributed by atoms with E-state index in [-0.39, 0.29) is 31.4 Å². The maximum atomic E-state index is 12.6. The number of nitrogens with zero attached hydrogens (tertiary/aromatic N) is 6. The highest BCUT2D eigenvalue weighted by Gasteiger charge is 2.43. The summed E-state index contributed by atoms with van der Waals surface area (Å²) >= 11 is 0. The van der Waals surface area contributed by atoms with Gasteiger partial charge >= 0.3 is 0 Å². The van der Waals surface area contributed by atoms with Gasteiger partial charge in [-0.2, -0.15) is 10.2 Å². The summed E-state index contributed by atoms with van der Waals surface area (Å²) in [5.41, 5.74) is 7.85. The van der Waals surface area contributed by atoms with Crippen LogP contribution in [0.5, 0.6) is 0 Å². The summed E-state index contributed by atoms with van der Waals surface area (Å²) in [6, 6.07) is 5.32. The zero-order valence-electron chi connectivity index (χ0n) is 15.7. The Balaban J connectivity index is 1.79. The average Bonchev–Trinajstić information content (AvgIpc) is 2.66. The first-order valence-corrected chi connectivity index (χ1v) is 8.83. The lowest BCUT2D eigenvalue weighted by Gasteiger charge is -2.51. The van der Waals surface area contributed by atoms with E-state index in [0.29, 0.717) is 30.9 Å². The van der Waals surface area contributed by atoms with Gasteiger partial charge in [0.2, 0.25) is 18.2 Å². The van der Waals surface area contributed by atoms with Crippen LogP contribution in [0.2, 0.25) is 0 Å². The van der Waals surface area contributed by atoms with Gasteiger partial charge in [-0.25, -0.2) is 5.01 Å². The van der Waals surface area contributed by atoms with E-state index in [2.05, 4.69) is 16.8 Å². The van der Waals surface area contributed by atoms with Gasteiger partial charge in [-0.3, -0.25) is 19.4 Å². The van der Waals surface area contributed by atoms with Gasteiger partial charge in [0, 0.05) is 20.1 Å². The van der Waals surface area contributed by atoms with Crippen LogP contribution < -0.4 is 5.73 Å². The molecule has 1 aromatic rings. The number of carbonyl (C=O) groups is 3. The number of benzene rings is 1. The van der Waals surface area contributed by atoms with Crippen LogP contribution >= 0.6 is 0 Å². The molecule has 148 valence electrons. The predicted octanol–water partition coefficient (Wildman–Crippen LogP) is 0.354. The molecule has 0 unspecified atom stereocenters. The van der Waals surface area contributed by atoms with Crippen LogP contribution in [0, 0.1) is 0 Å². The zero-order chi connectivity index (χ0) is 20.3. The Morgan fingerprint density at radius 1 is 1.29 bits per heavy atom. The van der Waals surface area contributed by atoms with Crippen molar-refractivity contribution >= 4 is 29.6 Å². The monoisotopic (exact) mass is 385 g/mol. The minimum atomic E-state index is -0.540. The molecule has 3 rings (SSSR count). The van der Waals surface area contributed by atoms with E-state index in [0.717, 1.165) is 5.56 Å². The second-order valence-corrected chi connectivity index (χ2v) is 6.59. The summed E-state index contributed by atoms with van der Waals surface area (Å²) in [6.07, 6.45) is 1.77. The lowest BCUT2D eigenvalue weighted by molar-refractivity contribution is -0.191. The standard InChI is InChI=1S/C18H23N7O3/c1-3-6-23-10-18(28)24-11-17(27)22(9-16(24)25(23)12-26)8-13-4-5-15(21-20-2)14(19)7-13/h3-5,7,12,16H,1,6,8-11,19H2,2H3/t16-/m0/s1. The molecule has 2 heterocycles. The highest BCUT2D eigenvalue weighted by molar-refractivity contribution is 5.88. The van der Waals surface area contributed by atoms with Crippen molar-refractivity contribution in [3.05, 3.63) is 36.4 Å². The van der Waals surface area contributed by atoms with Crippen molar-refractivity contribution in [3.8, 4) is 0 Å². The molecule has 28 heavy (non-hydrogen) atoms. The fraction of sp³-hybridized carbons (Fsp3) is 0.389. The van der Waals surface area contributed by atoms with Crippen LogP contribution in [-0.4, -0.2) is 77.4 Å². The molecule has 1 atom stereocenters. The van der Waals surface area contributed by atoms with Gasteiger partial charge in [0.1, 0.15) is 18.4 Å². The lowest BCUT2D eigenvalue weighted by Crippen LogP contribution is -2.71. The van der Waals surface area contributed by atoms with Crippen molar-refractivity contribution in [2.24, 2.45) is 10.2 Å². The van der Waals surface area contributed by atoms with Crippen LogP contribution in [0.1, 0.15) is 5.56 Å². The first-order chi connectivity index (χ1) is 13.5. The number of amides is 3. The van der Waals surface area contributed by atoms with Crippen molar-refractivity contribution in [1.29, 1.82) is 0 Å². The summed E-state index contributed by atoms with van der Waals surface area (Å²) in [5.74, 6) is -0.361. The van der Waals surface area contributed by atoms with Gasteiger partial charge in [0.05, 0.1) is 18.8 Å². The SMILES string of the molecule is C=CCN1CC(=O)N2CC(=O)N(Cc3ccc(N=NC)c(N)c3)C[C@@H]2N1C=O. The maximum Gasteiger partial charge on any atom is 0.242 e. The minimum Gasteiger partial charge on any atom is -0.397 e. The summed E-state index contributed by atoms with van der Waals surface area (Å²) in [4.78, 5) is 39.8. The Labute approximate surface area is 162 Å². The number of fused-ring (bicyclic) bond motifs is 1. The second kappa shape index (κ2) is 8.17. The number of rotatable bonds is 6. The average molecular weight is 385 g/mol. The smallest absolute Gasteiger partial charge is 0.242 e. The molecule has 2 saturated heterocycles. The maximum absolute atomic E-state index is 12.6. The number of hydrazine groups is 1. The second-order valence-electron chi connectivity index (χ2n) is 6.59. The molecule has 0 bridgehead atoms. The highest BCUT2D eigenvalue weighted by Crippen LogP contribution is 2.26. The number of nitrogen functional groups attached to an aromatic ring is 1. The first kappa shape index (κ1) is 19.5. The van der Waals surface area contributed by atoms with Crippen LogP contribution in [0.25, 0.3) is 0 Å². The molecular weight excluding hydrogens is 362 g/mol. The van der Waals surface area contributed by atoms with Gasteiger partial charge in [0.15, 0.2) is 0 Å². The van der Waals surface area contributed by atoms with E-state index in [9.17, 15) is 14.4 Å². The summed E-state index contributed by atoms with van der Waals surface area (Å²) in [7, 11) is 1.56. The number of hydrogen-bond donors (Lipinski definition) is 1. The Hall–Kier alpha value is -3.27. The normalized spacial score (nSPS) is 20.6. The summed E-state index contributed by atoms with van der Waals surface area (Å²) in [6.45, 7) is 4.54. The molecule has 10 heteroatoms. The molecule has 0 aromatic heterocycles. The third-order valence-corrected chi connectivity index (χ3v) is 4.79. The van der Waals surface area contributed by atoms with E-state index in [4.69, 9.17) is 5.73 Å². The van der Waals surface area contributed by atoms with Gasteiger partial charge in [-0.05, 0) is 17.7 Å².